The summed E-state index contributed by atoms with van der Waals surface area (Å²) in [5, 5.41) is 0. The summed E-state index contributed by atoms with van der Waals surface area (Å²) in [5.74, 6) is -1.09. The Hall–Kier alpha value is -3.75. The lowest BCUT2D eigenvalue weighted by Gasteiger charge is -2.47. The lowest BCUT2D eigenvalue weighted by Crippen LogP contribution is -2.67. The average molecular weight is 487 g/mol. The molecule has 2 amide bonds. The van der Waals surface area contributed by atoms with Crippen LogP contribution in [0.1, 0.15) is 47.9 Å². The summed E-state index contributed by atoms with van der Waals surface area (Å²) in [7, 11) is 0. The zero-order chi connectivity index (χ0) is 25.7. The first-order chi connectivity index (χ1) is 16.6. The zero-order valence-corrected chi connectivity index (χ0v) is 19.4. The Morgan fingerprint density at radius 3 is 2.06 bits per heavy atom. The van der Waals surface area contributed by atoms with Gasteiger partial charge >= 0.3 is 17.9 Å². The van der Waals surface area contributed by atoms with Gasteiger partial charge in [0.15, 0.2) is 18.5 Å². The summed E-state index contributed by atoms with van der Waals surface area (Å²) in [6, 6.07) is 4.84. The van der Waals surface area contributed by atoms with E-state index >= 15 is 0 Å². The molecule has 0 saturated carbocycles. The standard InChI is InChI=1S/C24H25NO10/c1-5-6-11-31-24-19(25-22(29)16-9-7-8-10-17(16)23(25)30)21(34-15(4)28)20(33-14(3)27)18(35-24)12-32-13(2)26/h1,7-10,18-21,24H,6,11-12H2,2-4H3/t18-,19-,20-,21-,24-/m1/s1. The maximum Gasteiger partial charge on any atom is 0.303 e. The van der Waals surface area contributed by atoms with Crippen LogP contribution in [0.5, 0.6) is 0 Å². The van der Waals surface area contributed by atoms with Crippen LogP contribution in [0.3, 0.4) is 0 Å². The van der Waals surface area contributed by atoms with E-state index < -0.39 is 60.4 Å². The molecule has 0 spiro atoms. The molecule has 5 atom stereocenters. The Morgan fingerprint density at radius 2 is 1.54 bits per heavy atom. The number of carbonyl (C=O) groups is 5. The number of rotatable bonds is 8. The largest absolute Gasteiger partial charge is 0.463 e. The van der Waals surface area contributed by atoms with Gasteiger partial charge in [0, 0.05) is 27.2 Å². The van der Waals surface area contributed by atoms with Gasteiger partial charge in [-0.2, -0.15) is 0 Å². The normalized spacial score (nSPS) is 25.4. The topological polar surface area (TPSA) is 135 Å². The van der Waals surface area contributed by atoms with Gasteiger partial charge in [-0.1, -0.05) is 12.1 Å². The van der Waals surface area contributed by atoms with Crippen LogP contribution in [0.15, 0.2) is 24.3 Å². The third kappa shape index (κ3) is 5.67. The minimum Gasteiger partial charge on any atom is -0.463 e. The van der Waals surface area contributed by atoms with Gasteiger partial charge in [0.05, 0.1) is 17.7 Å². The number of carbonyl (C=O) groups excluding carboxylic acids is 5. The second-order valence-electron chi connectivity index (χ2n) is 7.84. The van der Waals surface area contributed by atoms with E-state index in [9.17, 15) is 24.0 Å². The van der Waals surface area contributed by atoms with Crippen molar-refractivity contribution in [2.45, 2.75) is 57.8 Å². The number of esters is 3. The van der Waals surface area contributed by atoms with Crippen LogP contribution in [-0.2, 0) is 38.1 Å². The van der Waals surface area contributed by atoms with Crippen LogP contribution >= 0.6 is 0 Å². The molecule has 0 aliphatic carbocycles. The Bertz CT molecular complexity index is 1030. The second-order valence-corrected chi connectivity index (χ2v) is 7.84. The smallest absolute Gasteiger partial charge is 0.303 e. The van der Waals surface area contributed by atoms with Crippen molar-refractivity contribution in [2.75, 3.05) is 13.2 Å². The first kappa shape index (κ1) is 25.9. The van der Waals surface area contributed by atoms with E-state index in [1.807, 2.05) is 0 Å². The highest BCUT2D eigenvalue weighted by molar-refractivity contribution is 6.21. The van der Waals surface area contributed by atoms with E-state index in [2.05, 4.69) is 5.92 Å². The fourth-order valence-electron chi connectivity index (χ4n) is 4.01. The van der Waals surface area contributed by atoms with Crippen LogP contribution in [0, 0.1) is 12.3 Å². The maximum atomic E-state index is 13.3. The van der Waals surface area contributed by atoms with Gasteiger partial charge in [-0.15, -0.1) is 12.3 Å². The summed E-state index contributed by atoms with van der Waals surface area (Å²) in [6.45, 7) is 3.02. The van der Waals surface area contributed by atoms with Crippen molar-refractivity contribution in [2.24, 2.45) is 0 Å². The summed E-state index contributed by atoms with van der Waals surface area (Å²) >= 11 is 0. The predicted molar refractivity (Wildman–Crippen MR) is 117 cm³/mol. The van der Waals surface area contributed by atoms with Crippen molar-refractivity contribution >= 4 is 29.7 Å². The Morgan fingerprint density at radius 1 is 0.971 bits per heavy atom. The van der Waals surface area contributed by atoms with Gasteiger partial charge in [0.1, 0.15) is 18.8 Å². The lowest BCUT2D eigenvalue weighted by molar-refractivity contribution is -0.285. The van der Waals surface area contributed by atoms with Gasteiger partial charge < -0.3 is 23.7 Å². The molecule has 2 heterocycles. The molecule has 11 heteroatoms. The number of ether oxygens (including phenoxy) is 5. The molecule has 0 N–H and O–H groups in total. The molecule has 2 aliphatic heterocycles. The predicted octanol–water partition coefficient (Wildman–Crippen LogP) is 0.843. The quantitative estimate of drug-likeness (QED) is 0.171. The number of fused-ring (bicyclic) bond motifs is 1. The monoisotopic (exact) mass is 487 g/mol. The summed E-state index contributed by atoms with van der Waals surface area (Å²) in [5.41, 5.74) is 0.292. The Labute approximate surface area is 201 Å². The number of hydrogen-bond acceptors (Lipinski definition) is 10. The summed E-state index contributed by atoms with van der Waals surface area (Å²) in [4.78, 5) is 62.9. The van der Waals surface area contributed by atoms with Crippen molar-refractivity contribution in [1.82, 2.24) is 4.90 Å². The van der Waals surface area contributed by atoms with Crippen molar-refractivity contribution in [3.63, 3.8) is 0 Å². The highest BCUT2D eigenvalue weighted by atomic mass is 16.7. The molecule has 0 radical (unpaired) electrons. The molecule has 1 fully saturated rings. The first-order valence-electron chi connectivity index (χ1n) is 10.8. The number of amides is 2. The maximum absolute atomic E-state index is 13.3. The van der Waals surface area contributed by atoms with Gasteiger partial charge in [0.2, 0.25) is 0 Å². The minimum atomic E-state index is -1.40. The fraction of sp³-hybridized carbons (Fsp3) is 0.458. The van der Waals surface area contributed by atoms with E-state index in [1.165, 1.54) is 19.1 Å². The molecule has 0 aromatic heterocycles. The minimum absolute atomic E-state index is 0.0217. The van der Waals surface area contributed by atoms with Crippen molar-refractivity contribution < 1.29 is 47.7 Å². The summed E-state index contributed by atoms with van der Waals surface area (Å²) in [6.07, 6.45) is 0.259. The Kier molecular flexibility index (Phi) is 8.22. The number of imide groups is 1. The highest BCUT2D eigenvalue weighted by Crippen LogP contribution is 2.35. The van der Waals surface area contributed by atoms with Gasteiger partial charge in [-0.05, 0) is 12.1 Å². The van der Waals surface area contributed by atoms with E-state index in [1.54, 1.807) is 12.1 Å². The van der Waals surface area contributed by atoms with E-state index in [0.717, 1.165) is 18.7 Å². The number of nitrogens with zero attached hydrogens (tertiary/aromatic N) is 1. The van der Waals surface area contributed by atoms with E-state index in [4.69, 9.17) is 30.1 Å². The van der Waals surface area contributed by atoms with Crippen LogP contribution in [0.2, 0.25) is 0 Å². The Balaban J connectivity index is 2.08. The van der Waals surface area contributed by atoms with Crippen LogP contribution in [-0.4, -0.2) is 78.5 Å². The van der Waals surface area contributed by atoms with E-state index in [0.29, 0.717) is 0 Å². The van der Waals surface area contributed by atoms with Gasteiger partial charge in [-0.3, -0.25) is 28.9 Å². The molecule has 1 saturated heterocycles. The lowest BCUT2D eigenvalue weighted by atomic mass is 9.94. The molecule has 1 aromatic rings. The van der Waals surface area contributed by atoms with Crippen molar-refractivity contribution in [3.8, 4) is 12.3 Å². The van der Waals surface area contributed by atoms with E-state index in [-0.39, 0.29) is 30.8 Å². The zero-order valence-electron chi connectivity index (χ0n) is 19.4. The SMILES string of the molecule is C#CCCO[C@@H]1O[C@H](COC(C)=O)[C@@H](OC(C)=O)[C@H](OC(C)=O)[C@H]1N1C(=O)c2ccccc2C1=O. The molecule has 186 valence electrons. The number of terminal acetylenes is 1. The number of benzene rings is 1. The third-order valence-electron chi connectivity index (χ3n) is 5.32. The van der Waals surface area contributed by atoms with Crippen LogP contribution < -0.4 is 0 Å². The van der Waals surface area contributed by atoms with Crippen LogP contribution in [0.4, 0.5) is 0 Å². The van der Waals surface area contributed by atoms with Crippen LogP contribution in [0.25, 0.3) is 0 Å². The van der Waals surface area contributed by atoms with Gasteiger partial charge in [0.25, 0.3) is 11.8 Å². The average Bonchev–Trinajstić information content (AvgIpc) is 3.04. The molecule has 0 bridgehead atoms. The molecule has 11 nitrogen and oxygen atoms in total. The number of hydrogen-bond donors (Lipinski definition) is 0. The first-order valence-corrected chi connectivity index (χ1v) is 10.8. The highest BCUT2D eigenvalue weighted by Gasteiger charge is 2.57. The molecule has 3 rings (SSSR count). The van der Waals surface area contributed by atoms with Gasteiger partial charge in [-0.25, -0.2) is 0 Å². The van der Waals surface area contributed by atoms with Crippen molar-refractivity contribution in [1.29, 1.82) is 0 Å². The molecular formula is C24H25NO10. The second kappa shape index (κ2) is 11.1. The fourth-order valence-corrected chi connectivity index (χ4v) is 4.01. The summed E-state index contributed by atoms with van der Waals surface area (Å²) < 4.78 is 27.6. The molecule has 0 unspecified atom stereocenters. The van der Waals surface area contributed by atoms with Crippen molar-refractivity contribution in [3.05, 3.63) is 35.4 Å². The third-order valence-corrected chi connectivity index (χ3v) is 5.32. The molecular weight excluding hydrogens is 462 g/mol. The molecule has 1 aromatic carbocycles. The molecule has 2 aliphatic rings. The molecule has 35 heavy (non-hydrogen) atoms.